The molecular weight excluding hydrogens is 200 g/mol. The second-order valence-corrected chi connectivity index (χ2v) is 2.59. The number of aromatic carboxylic acids is 1. The molecule has 2 aromatic heterocycles. The van der Waals surface area contributed by atoms with E-state index in [0.29, 0.717) is 5.75 Å². The van der Waals surface area contributed by atoms with Gasteiger partial charge in [-0.05, 0) is 12.1 Å². The number of nitrogens with zero attached hydrogens (tertiary/aromatic N) is 2. The van der Waals surface area contributed by atoms with Crippen molar-refractivity contribution in [3.8, 4) is 11.8 Å². The zero-order valence-corrected chi connectivity index (χ0v) is 7.45. The van der Waals surface area contributed by atoms with Gasteiger partial charge in [-0.2, -0.15) is 4.98 Å². The van der Waals surface area contributed by atoms with Crippen LogP contribution in [0.1, 0.15) is 10.5 Å². The molecule has 0 radical (unpaired) electrons. The number of carboxylic acid groups (broad SMARTS) is 1. The van der Waals surface area contributed by atoms with Gasteiger partial charge in [-0.15, -0.1) is 0 Å². The monoisotopic (exact) mass is 206 g/mol. The van der Waals surface area contributed by atoms with Crippen molar-refractivity contribution in [2.24, 2.45) is 0 Å². The maximum atomic E-state index is 10.5. The second kappa shape index (κ2) is 3.79. The van der Waals surface area contributed by atoms with Crippen LogP contribution in [0.25, 0.3) is 0 Å². The Hall–Kier alpha value is -2.37. The van der Waals surface area contributed by atoms with E-state index in [-0.39, 0.29) is 11.8 Å². The molecule has 0 aliphatic heterocycles. The second-order valence-electron chi connectivity index (χ2n) is 2.59. The third kappa shape index (κ3) is 2.11. The Bertz CT molecular complexity index is 466. The van der Waals surface area contributed by atoms with E-state index >= 15 is 0 Å². The summed E-state index contributed by atoms with van der Waals surface area (Å²) >= 11 is 0. The van der Waals surface area contributed by atoms with E-state index in [0.717, 1.165) is 6.26 Å². The number of ether oxygens (including phenoxy) is 1. The molecule has 0 saturated carbocycles. The molecule has 0 aromatic carbocycles. The molecule has 1 N–H and O–H groups in total. The summed E-state index contributed by atoms with van der Waals surface area (Å²) in [5, 5.41) is 8.57. The molecule has 15 heavy (non-hydrogen) atoms. The third-order valence-electron chi connectivity index (χ3n) is 1.54. The predicted octanol–water partition coefficient (Wildman–Crippen LogP) is 1.56. The predicted molar refractivity (Wildman–Crippen MR) is 47.8 cm³/mol. The fraction of sp³-hybridized carbons (Fsp3) is 0. The van der Waals surface area contributed by atoms with Crippen molar-refractivity contribution in [1.82, 2.24) is 9.97 Å². The zero-order valence-electron chi connectivity index (χ0n) is 7.45. The van der Waals surface area contributed by atoms with Gasteiger partial charge in [0.25, 0.3) is 0 Å². The van der Waals surface area contributed by atoms with Crippen LogP contribution < -0.4 is 4.74 Å². The molecule has 2 heterocycles. The first-order valence-corrected chi connectivity index (χ1v) is 4.02. The van der Waals surface area contributed by atoms with Crippen molar-refractivity contribution < 1.29 is 19.1 Å². The van der Waals surface area contributed by atoms with E-state index in [4.69, 9.17) is 14.3 Å². The molecule has 6 heteroatoms. The van der Waals surface area contributed by atoms with Crippen molar-refractivity contribution in [3.05, 3.63) is 36.5 Å². The standard InChI is InChI=1S/C9H6N2O4/c12-8(13)7-5-14-9(11-7)15-6-2-1-3-10-4-6/h1-5H,(H,12,13). The molecule has 2 rings (SSSR count). The molecule has 0 fully saturated rings. The van der Waals surface area contributed by atoms with E-state index in [1.165, 1.54) is 6.20 Å². The first kappa shape index (κ1) is 9.20. The molecule has 0 amide bonds. The van der Waals surface area contributed by atoms with Gasteiger partial charge >= 0.3 is 12.0 Å². The Labute approximate surface area is 84.2 Å². The van der Waals surface area contributed by atoms with Crippen LogP contribution in [0.2, 0.25) is 0 Å². The van der Waals surface area contributed by atoms with Crippen LogP contribution in [0.4, 0.5) is 0 Å². The van der Waals surface area contributed by atoms with Crippen LogP contribution >= 0.6 is 0 Å². The smallest absolute Gasteiger partial charge is 0.399 e. The molecule has 0 aliphatic rings. The van der Waals surface area contributed by atoms with Gasteiger partial charge in [0.2, 0.25) is 0 Å². The molecule has 2 aromatic rings. The zero-order chi connectivity index (χ0) is 10.7. The van der Waals surface area contributed by atoms with Crippen LogP contribution in [0.3, 0.4) is 0 Å². The molecule has 6 nitrogen and oxygen atoms in total. The fourth-order valence-electron chi connectivity index (χ4n) is 0.911. The topological polar surface area (TPSA) is 85.5 Å². The lowest BCUT2D eigenvalue weighted by molar-refractivity contribution is 0.0690. The Balaban J connectivity index is 2.15. The minimum atomic E-state index is -1.17. The summed E-state index contributed by atoms with van der Waals surface area (Å²) in [4.78, 5) is 17.9. The fourth-order valence-corrected chi connectivity index (χ4v) is 0.911. The highest BCUT2D eigenvalue weighted by Gasteiger charge is 2.11. The van der Waals surface area contributed by atoms with Crippen LogP contribution in [0, 0.1) is 0 Å². The summed E-state index contributed by atoms with van der Waals surface area (Å²) in [6.45, 7) is 0. The first-order chi connectivity index (χ1) is 7.25. The lowest BCUT2D eigenvalue weighted by atomic mass is 10.5. The van der Waals surface area contributed by atoms with Crippen LogP contribution in [-0.2, 0) is 0 Å². The highest BCUT2D eigenvalue weighted by atomic mass is 16.6. The first-order valence-electron chi connectivity index (χ1n) is 4.02. The van der Waals surface area contributed by atoms with Gasteiger partial charge in [0, 0.05) is 6.20 Å². The van der Waals surface area contributed by atoms with E-state index < -0.39 is 5.97 Å². The number of carboxylic acids is 1. The average Bonchev–Trinajstić information content (AvgIpc) is 2.68. The minimum absolute atomic E-state index is 0.125. The van der Waals surface area contributed by atoms with E-state index in [1.54, 1.807) is 18.3 Å². The summed E-state index contributed by atoms with van der Waals surface area (Å²) in [7, 11) is 0. The van der Waals surface area contributed by atoms with E-state index in [9.17, 15) is 4.79 Å². The molecule has 0 bridgehead atoms. The van der Waals surface area contributed by atoms with Gasteiger partial charge in [0.05, 0.1) is 6.20 Å². The van der Waals surface area contributed by atoms with Crippen molar-refractivity contribution in [2.75, 3.05) is 0 Å². The Morgan fingerprint density at radius 3 is 3.00 bits per heavy atom. The highest BCUT2D eigenvalue weighted by Crippen LogP contribution is 2.18. The lowest BCUT2D eigenvalue weighted by Crippen LogP contribution is -1.95. The summed E-state index contributed by atoms with van der Waals surface area (Å²) in [5.74, 6) is -0.740. The van der Waals surface area contributed by atoms with Gasteiger partial charge < -0.3 is 14.3 Å². The Kier molecular flexibility index (Phi) is 2.32. The van der Waals surface area contributed by atoms with Gasteiger partial charge in [-0.25, -0.2) is 4.79 Å². The summed E-state index contributed by atoms with van der Waals surface area (Å²) in [6, 6.07) is 3.33. The van der Waals surface area contributed by atoms with E-state index in [2.05, 4.69) is 9.97 Å². The van der Waals surface area contributed by atoms with Crippen LogP contribution in [-0.4, -0.2) is 21.0 Å². The summed E-state index contributed by atoms with van der Waals surface area (Å²) < 4.78 is 9.89. The number of oxazole rings is 1. The number of hydrogen-bond acceptors (Lipinski definition) is 5. The quantitative estimate of drug-likeness (QED) is 0.820. The maximum absolute atomic E-state index is 10.5. The molecule has 0 atom stereocenters. The molecule has 0 saturated heterocycles. The Morgan fingerprint density at radius 1 is 1.53 bits per heavy atom. The number of hydrogen-bond donors (Lipinski definition) is 1. The van der Waals surface area contributed by atoms with Crippen molar-refractivity contribution >= 4 is 5.97 Å². The van der Waals surface area contributed by atoms with Gasteiger partial charge in [0.1, 0.15) is 6.26 Å². The summed E-state index contributed by atoms with van der Waals surface area (Å²) in [5.41, 5.74) is -0.200. The van der Waals surface area contributed by atoms with Crippen LogP contribution in [0.15, 0.2) is 35.2 Å². The van der Waals surface area contributed by atoms with E-state index in [1.807, 2.05) is 0 Å². The summed E-state index contributed by atoms with van der Waals surface area (Å²) in [6.07, 6.45) is 3.93. The lowest BCUT2D eigenvalue weighted by Gasteiger charge is -1.97. The Morgan fingerprint density at radius 2 is 2.40 bits per heavy atom. The molecule has 0 unspecified atom stereocenters. The number of pyridine rings is 1. The SMILES string of the molecule is O=C(O)c1coc(Oc2cccnc2)n1. The van der Waals surface area contributed by atoms with Crippen LogP contribution in [0.5, 0.6) is 11.8 Å². The van der Waals surface area contributed by atoms with Crippen molar-refractivity contribution in [3.63, 3.8) is 0 Å². The molecule has 76 valence electrons. The molecular formula is C9H6N2O4. The van der Waals surface area contributed by atoms with Crippen molar-refractivity contribution in [2.45, 2.75) is 0 Å². The van der Waals surface area contributed by atoms with Gasteiger partial charge in [-0.1, -0.05) is 0 Å². The van der Waals surface area contributed by atoms with Gasteiger partial charge in [0.15, 0.2) is 11.4 Å². The maximum Gasteiger partial charge on any atom is 0.399 e. The van der Waals surface area contributed by atoms with Crippen molar-refractivity contribution in [1.29, 1.82) is 0 Å². The highest BCUT2D eigenvalue weighted by molar-refractivity contribution is 5.84. The average molecular weight is 206 g/mol. The normalized spacial score (nSPS) is 9.87. The number of rotatable bonds is 3. The largest absolute Gasteiger partial charge is 0.476 e. The third-order valence-corrected chi connectivity index (χ3v) is 1.54. The molecule has 0 aliphatic carbocycles. The van der Waals surface area contributed by atoms with Gasteiger partial charge in [-0.3, -0.25) is 4.98 Å². The number of aromatic nitrogens is 2. The molecule has 0 spiro atoms. The number of carbonyl (C=O) groups is 1. The minimum Gasteiger partial charge on any atom is -0.476 e.